The number of nitrogens with zero attached hydrogens (tertiary/aromatic N) is 2. The van der Waals surface area contributed by atoms with Gasteiger partial charge in [0.1, 0.15) is 0 Å². The molecule has 1 aromatic carbocycles. The minimum absolute atomic E-state index is 0.0541. The molecule has 3 rings (SSSR count). The Balaban J connectivity index is 1.47. The molecule has 0 spiro atoms. The van der Waals surface area contributed by atoms with Crippen molar-refractivity contribution >= 4 is 33.4 Å². The Morgan fingerprint density at radius 1 is 1.20 bits per heavy atom. The Bertz CT molecular complexity index is 753. The van der Waals surface area contributed by atoms with Crippen molar-refractivity contribution in [3.05, 3.63) is 52.4 Å². The van der Waals surface area contributed by atoms with Gasteiger partial charge in [0.25, 0.3) is 5.91 Å². The lowest BCUT2D eigenvalue weighted by Crippen LogP contribution is -2.50. The molecule has 0 radical (unpaired) electrons. The van der Waals surface area contributed by atoms with Gasteiger partial charge in [0.15, 0.2) is 5.76 Å². The first-order chi connectivity index (χ1) is 12.0. The van der Waals surface area contributed by atoms with Crippen LogP contribution in [-0.4, -0.2) is 54.3 Å². The third-order valence-corrected chi connectivity index (χ3v) is 5.07. The van der Waals surface area contributed by atoms with Gasteiger partial charge in [-0.1, -0.05) is 22.0 Å². The topological polar surface area (TPSA) is 65.8 Å². The normalized spacial score (nSPS) is 15.2. The Kier molecular flexibility index (Phi) is 5.55. The van der Waals surface area contributed by atoms with Crippen molar-refractivity contribution in [2.45, 2.75) is 6.92 Å². The monoisotopic (exact) mass is 405 g/mol. The summed E-state index contributed by atoms with van der Waals surface area (Å²) >= 11 is 3.46. The molecule has 1 N–H and O–H groups in total. The van der Waals surface area contributed by atoms with Crippen LogP contribution in [0.2, 0.25) is 0 Å². The average Bonchev–Trinajstić information content (AvgIpc) is 3.13. The summed E-state index contributed by atoms with van der Waals surface area (Å²) in [6.07, 6.45) is 1.50. The molecule has 2 heterocycles. The Morgan fingerprint density at radius 2 is 1.96 bits per heavy atom. The second kappa shape index (κ2) is 7.84. The smallest absolute Gasteiger partial charge is 0.289 e. The molecule has 7 heteroatoms. The van der Waals surface area contributed by atoms with E-state index >= 15 is 0 Å². The molecule has 1 aliphatic rings. The predicted octanol–water partition coefficient (Wildman–Crippen LogP) is 2.75. The van der Waals surface area contributed by atoms with Crippen LogP contribution in [0.1, 0.15) is 16.1 Å². The van der Waals surface area contributed by atoms with Gasteiger partial charge in [-0.2, -0.15) is 0 Å². The first kappa shape index (κ1) is 17.7. The van der Waals surface area contributed by atoms with Crippen LogP contribution in [0.15, 0.2) is 45.5 Å². The molecule has 1 fully saturated rings. The fourth-order valence-corrected chi connectivity index (χ4v) is 3.12. The first-order valence-electron chi connectivity index (χ1n) is 8.14. The fourth-order valence-electron chi connectivity index (χ4n) is 2.74. The van der Waals surface area contributed by atoms with Gasteiger partial charge in [-0.3, -0.25) is 14.5 Å². The molecule has 6 nitrogen and oxygen atoms in total. The predicted molar refractivity (Wildman–Crippen MR) is 98.6 cm³/mol. The van der Waals surface area contributed by atoms with Crippen LogP contribution >= 0.6 is 15.9 Å². The van der Waals surface area contributed by atoms with Gasteiger partial charge in [-0.05, 0) is 36.8 Å². The highest BCUT2D eigenvalue weighted by molar-refractivity contribution is 9.10. The van der Waals surface area contributed by atoms with Crippen molar-refractivity contribution in [2.24, 2.45) is 0 Å². The molecule has 1 aliphatic heterocycles. The second-order valence-corrected chi connectivity index (χ2v) is 6.91. The number of benzene rings is 1. The van der Waals surface area contributed by atoms with Crippen molar-refractivity contribution in [2.75, 3.05) is 38.0 Å². The van der Waals surface area contributed by atoms with Crippen LogP contribution in [0, 0.1) is 6.92 Å². The van der Waals surface area contributed by atoms with Crippen molar-refractivity contribution < 1.29 is 14.0 Å². The maximum Gasteiger partial charge on any atom is 0.289 e. The van der Waals surface area contributed by atoms with Crippen LogP contribution < -0.4 is 5.32 Å². The zero-order chi connectivity index (χ0) is 17.8. The van der Waals surface area contributed by atoms with Crippen LogP contribution in [0.25, 0.3) is 0 Å². The largest absolute Gasteiger partial charge is 0.459 e. The van der Waals surface area contributed by atoms with E-state index in [1.807, 2.05) is 30.0 Å². The van der Waals surface area contributed by atoms with E-state index in [1.165, 1.54) is 6.26 Å². The molecule has 0 unspecified atom stereocenters. The van der Waals surface area contributed by atoms with Crippen molar-refractivity contribution in [1.29, 1.82) is 0 Å². The molecule has 0 atom stereocenters. The third kappa shape index (κ3) is 4.49. The van der Waals surface area contributed by atoms with E-state index in [2.05, 4.69) is 21.2 Å². The van der Waals surface area contributed by atoms with Gasteiger partial charge in [0.05, 0.1) is 12.8 Å². The van der Waals surface area contributed by atoms with Crippen LogP contribution in [-0.2, 0) is 4.79 Å². The van der Waals surface area contributed by atoms with E-state index in [1.54, 1.807) is 17.0 Å². The van der Waals surface area contributed by atoms with Gasteiger partial charge in [0, 0.05) is 36.3 Å². The first-order valence-corrected chi connectivity index (χ1v) is 8.93. The van der Waals surface area contributed by atoms with Gasteiger partial charge in [-0.15, -0.1) is 0 Å². The molecule has 2 amide bonds. The van der Waals surface area contributed by atoms with E-state index in [-0.39, 0.29) is 11.8 Å². The van der Waals surface area contributed by atoms with Gasteiger partial charge in [0.2, 0.25) is 5.91 Å². The van der Waals surface area contributed by atoms with Crippen LogP contribution in [0.5, 0.6) is 0 Å². The number of carbonyl (C=O) groups excluding carboxylic acids is 2. The highest BCUT2D eigenvalue weighted by atomic mass is 79.9. The molecule has 2 aromatic rings. The summed E-state index contributed by atoms with van der Waals surface area (Å²) in [5.74, 6) is 0.205. The minimum atomic E-state index is -0.0985. The van der Waals surface area contributed by atoms with E-state index in [0.717, 1.165) is 15.7 Å². The van der Waals surface area contributed by atoms with Gasteiger partial charge >= 0.3 is 0 Å². The third-order valence-electron chi connectivity index (χ3n) is 4.21. The molecule has 0 bridgehead atoms. The number of rotatable bonds is 4. The van der Waals surface area contributed by atoms with Crippen LogP contribution in [0.3, 0.4) is 0 Å². The van der Waals surface area contributed by atoms with E-state index in [9.17, 15) is 9.59 Å². The number of amides is 2. The lowest BCUT2D eigenvalue weighted by molar-refractivity contribution is -0.117. The van der Waals surface area contributed by atoms with E-state index in [4.69, 9.17) is 4.42 Å². The summed E-state index contributed by atoms with van der Waals surface area (Å²) in [5.41, 5.74) is 1.89. The number of carbonyl (C=O) groups is 2. The maximum absolute atomic E-state index is 12.2. The SMILES string of the molecule is Cc1ccc(NC(=O)CN2CCN(C(=O)c3ccco3)CC2)cc1Br. The zero-order valence-electron chi connectivity index (χ0n) is 14.0. The second-order valence-electron chi connectivity index (χ2n) is 6.06. The average molecular weight is 406 g/mol. The van der Waals surface area contributed by atoms with E-state index < -0.39 is 0 Å². The Hall–Kier alpha value is -2.12. The molecule has 0 saturated carbocycles. The fraction of sp³-hybridized carbons (Fsp3) is 0.333. The number of nitrogens with one attached hydrogen (secondary N) is 1. The highest BCUT2D eigenvalue weighted by Crippen LogP contribution is 2.20. The molecular formula is C18H20BrN3O3. The number of hydrogen-bond acceptors (Lipinski definition) is 4. The number of halogens is 1. The summed E-state index contributed by atoms with van der Waals surface area (Å²) in [5, 5.41) is 2.91. The maximum atomic E-state index is 12.2. The van der Waals surface area contributed by atoms with Crippen molar-refractivity contribution in [3.8, 4) is 0 Å². The van der Waals surface area contributed by atoms with Crippen LogP contribution in [0.4, 0.5) is 5.69 Å². The van der Waals surface area contributed by atoms with E-state index in [0.29, 0.717) is 38.5 Å². The summed E-state index contributed by atoms with van der Waals surface area (Å²) in [7, 11) is 0. The number of anilines is 1. The lowest BCUT2D eigenvalue weighted by atomic mass is 10.2. The van der Waals surface area contributed by atoms with Crippen molar-refractivity contribution in [1.82, 2.24) is 9.80 Å². The quantitative estimate of drug-likeness (QED) is 0.848. The summed E-state index contributed by atoms with van der Waals surface area (Å²) in [6.45, 7) is 4.81. The van der Waals surface area contributed by atoms with Gasteiger partial charge < -0.3 is 14.6 Å². The Labute approximate surface area is 154 Å². The molecule has 1 aromatic heterocycles. The molecule has 25 heavy (non-hydrogen) atoms. The molecule has 1 saturated heterocycles. The highest BCUT2D eigenvalue weighted by Gasteiger charge is 2.24. The lowest BCUT2D eigenvalue weighted by Gasteiger charge is -2.33. The summed E-state index contributed by atoms with van der Waals surface area (Å²) < 4.78 is 6.12. The summed E-state index contributed by atoms with van der Waals surface area (Å²) in [6, 6.07) is 9.11. The van der Waals surface area contributed by atoms with Gasteiger partial charge in [-0.25, -0.2) is 0 Å². The number of piperazine rings is 1. The standard InChI is InChI=1S/C18H20BrN3O3/c1-13-4-5-14(11-15(13)19)20-17(23)12-21-6-8-22(9-7-21)18(24)16-3-2-10-25-16/h2-5,10-11H,6-9,12H2,1H3,(H,20,23). The number of aryl methyl sites for hydroxylation is 1. The molecular weight excluding hydrogens is 386 g/mol. The Morgan fingerprint density at radius 3 is 2.60 bits per heavy atom. The molecule has 132 valence electrons. The zero-order valence-corrected chi connectivity index (χ0v) is 15.6. The number of furan rings is 1. The molecule has 0 aliphatic carbocycles. The number of hydrogen-bond donors (Lipinski definition) is 1. The van der Waals surface area contributed by atoms with Crippen molar-refractivity contribution in [3.63, 3.8) is 0 Å². The summed E-state index contributed by atoms with van der Waals surface area (Å²) in [4.78, 5) is 28.2. The minimum Gasteiger partial charge on any atom is -0.459 e.